The molecule has 1 aromatic carbocycles. The van der Waals surface area contributed by atoms with Crippen LogP contribution in [-0.2, 0) is 6.54 Å². The lowest BCUT2D eigenvalue weighted by Crippen LogP contribution is -2.17. The Morgan fingerprint density at radius 3 is 3.00 bits per heavy atom. The molecule has 0 atom stereocenters. The molecule has 78 valence electrons. The average molecular weight is 203 g/mol. The zero-order valence-electron chi connectivity index (χ0n) is 8.82. The fourth-order valence-electron chi connectivity index (χ4n) is 1.61. The van der Waals surface area contributed by atoms with Crippen molar-refractivity contribution in [3.8, 4) is 0 Å². The van der Waals surface area contributed by atoms with Gasteiger partial charge in [-0.05, 0) is 19.1 Å². The van der Waals surface area contributed by atoms with Crippen LogP contribution in [0.3, 0.4) is 0 Å². The Bertz CT molecular complexity index is 502. The molecule has 0 aliphatic carbocycles. The first-order chi connectivity index (χ1) is 7.26. The van der Waals surface area contributed by atoms with Gasteiger partial charge in [0.15, 0.2) is 0 Å². The van der Waals surface area contributed by atoms with Crippen LogP contribution in [0.25, 0.3) is 10.9 Å². The number of aryl methyl sites for hydroxylation is 1. The van der Waals surface area contributed by atoms with Crippen LogP contribution in [0.2, 0.25) is 0 Å². The van der Waals surface area contributed by atoms with Gasteiger partial charge in [0.2, 0.25) is 0 Å². The number of fused-ring (bicyclic) bond motifs is 1. The lowest BCUT2D eigenvalue weighted by molar-refractivity contribution is 0.0963. The minimum absolute atomic E-state index is 0.0687. The normalized spacial score (nSPS) is 10.5. The molecule has 0 fully saturated rings. The van der Waals surface area contributed by atoms with Gasteiger partial charge in [-0.1, -0.05) is 6.07 Å². The second-order valence-electron chi connectivity index (χ2n) is 3.31. The molecule has 1 amide bonds. The van der Waals surface area contributed by atoms with Crippen molar-refractivity contribution in [1.82, 2.24) is 15.1 Å². The zero-order chi connectivity index (χ0) is 10.8. The predicted molar refractivity (Wildman–Crippen MR) is 58.8 cm³/mol. The van der Waals surface area contributed by atoms with E-state index in [1.165, 1.54) is 0 Å². The van der Waals surface area contributed by atoms with Gasteiger partial charge in [-0.2, -0.15) is 5.10 Å². The van der Waals surface area contributed by atoms with Crippen molar-refractivity contribution >= 4 is 16.8 Å². The fraction of sp³-hybridized carbons (Fsp3) is 0.273. The number of hydrogen-bond donors (Lipinski definition) is 1. The standard InChI is InChI=1S/C11H13N3O/c1-3-14-10-6-8(11(15)12-2)4-5-9(10)7-13-14/h4-7H,3H2,1-2H3,(H,12,15). The number of nitrogens with one attached hydrogen (secondary N) is 1. The molecule has 2 aromatic rings. The second-order valence-corrected chi connectivity index (χ2v) is 3.31. The lowest BCUT2D eigenvalue weighted by Gasteiger charge is -2.02. The van der Waals surface area contributed by atoms with Crippen LogP contribution < -0.4 is 5.32 Å². The molecule has 0 radical (unpaired) electrons. The van der Waals surface area contributed by atoms with E-state index >= 15 is 0 Å². The van der Waals surface area contributed by atoms with Crippen LogP contribution >= 0.6 is 0 Å². The van der Waals surface area contributed by atoms with E-state index < -0.39 is 0 Å². The van der Waals surface area contributed by atoms with Crippen LogP contribution in [0, 0.1) is 0 Å². The summed E-state index contributed by atoms with van der Waals surface area (Å²) in [6.45, 7) is 2.83. The predicted octanol–water partition coefficient (Wildman–Crippen LogP) is 1.42. The van der Waals surface area contributed by atoms with Gasteiger partial charge < -0.3 is 5.32 Å². The van der Waals surface area contributed by atoms with E-state index in [0.29, 0.717) is 5.56 Å². The highest BCUT2D eigenvalue weighted by molar-refractivity contribution is 5.97. The molecule has 0 saturated heterocycles. The van der Waals surface area contributed by atoms with Crippen LogP contribution in [0.5, 0.6) is 0 Å². The number of amides is 1. The van der Waals surface area contributed by atoms with E-state index in [2.05, 4.69) is 10.4 Å². The zero-order valence-corrected chi connectivity index (χ0v) is 8.82. The SMILES string of the molecule is CCn1ncc2ccc(C(=O)NC)cc21. The molecule has 4 heteroatoms. The molecule has 0 aliphatic heterocycles. The van der Waals surface area contributed by atoms with Gasteiger partial charge in [0.25, 0.3) is 5.91 Å². The van der Waals surface area contributed by atoms with Gasteiger partial charge >= 0.3 is 0 Å². The molecule has 0 spiro atoms. The summed E-state index contributed by atoms with van der Waals surface area (Å²) >= 11 is 0. The Balaban J connectivity index is 2.57. The third-order valence-electron chi connectivity index (χ3n) is 2.43. The van der Waals surface area contributed by atoms with Crippen LogP contribution in [0.4, 0.5) is 0 Å². The number of benzene rings is 1. The average Bonchev–Trinajstić information content (AvgIpc) is 2.69. The van der Waals surface area contributed by atoms with Crippen LogP contribution in [0.1, 0.15) is 17.3 Å². The molecule has 0 bridgehead atoms. The highest BCUT2D eigenvalue weighted by Crippen LogP contribution is 2.15. The fourth-order valence-corrected chi connectivity index (χ4v) is 1.61. The maximum Gasteiger partial charge on any atom is 0.251 e. The number of carbonyl (C=O) groups is 1. The minimum Gasteiger partial charge on any atom is -0.355 e. The third kappa shape index (κ3) is 1.58. The van der Waals surface area contributed by atoms with Crippen molar-refractivity contribution in [3.63, 3.8) is 0 Å². The van der Waals surface area contributed by atoms with Crippen LogP contribution in [-0.4, -0.2) is 22.7 Å². The number of rotatable bonds is 2. The molecule has 1 N–H and O–H groups in total. The lowest BCUT2D eigenvalue weighted by atomic mass is 10.1. The quantitative estimate of drug-likeness (QED) is 0.802. The van der Waals surface area contributed by atoms with Crippen molar-refractivity contribution in [2.24, 2.45) is 0 Å². The minimum atomic E-state index is -0.0687. The summed E-state index contributed by atoms with van der Waals surface area (Å²) in [5.74, 6) is -0.0687. The van der Waals surface area contributed by atoms with E-state index in [1.807, 2.05) is 36.0 Å². The summed E-state index contributed by atoms with van der Waals surface area (Å²) in [7, 11) is 1.63. The van der Waals surface area contributed by atoms with E-state index in [1.54, 1.807) is 7.05 Å². The number of aromatic nitrogens is 2. The van der Waals surface area contributed by atoms with Crippen molar-refractivity contribution in [2.45, 2.75) is 13.5 Å². The van der Waals surface area contributed by atoms with Gasteiger partial charge in [-0.15, -0.1) is 0 Å². The van der Waals surface area contributed by atoms with E-state index in [4.69, 9.17) is 0 Å². The van der Waals surface area contributed by atoms with Gasteiger partial charge in [-0.3, -0.25) is 9.48 Å². The summed E-state index contributed by atoms with van der Waals surface area (Å²) in [6, 6.07) is 5.59. The van der Waals surface area contributed by atoms with Crippen molar-refractivity contribution in [2.75, 3.05) is 7.05 Å². The Morgan fingerprint density at radius 2 is 2.33 bits per heavy atom. The number of hydrogen-bond acceptors (Lipinski definition) is 2. The van der Waals surface area contributed by atoms with Gasteiger partial charge in [0.05, 0.1) is 11.7 Å². The van der Waals surface area contributed by atoms with Gasteiger partial charge in [0.1, 0.15) is 0 Å². The van der Waals surface area contributed by atoms with E-state index in [0.717, 1.165) is 17.4 Å². The summed E-state index contributed by atoms with van der Waals surface area (Å²) in [5.41, 5.74) is 1.67. The summed E-state index contributed by atoms with van der Waals surface area (Å²) in [6.07, 6.45) is 1.81. The van der Waals surface area contributed by atoms with Crippen molar-refractivity contribution < 1.29 is 4.79 Å². The molecule has 0 unspecified atom stereocenters. The van der Waals surface area contributed by atoms with E-state index in [-0.39, 0.29) is 5.91 Å². The molecule has 1 aromatic heterocycles. The highest BCUT2D eigenvalue weighted by atomic mass is 16.1. The topological polar surface area (TPSA) is 46.9 Å². The first-order valence-electron chi connectivity index (χ1n) is 4.94. The van der Waals surface area contributed by atoms with E-state index in [9.17, 15) is 4.79 Å². The van der Waals surface area contributed by atoms with Crippen LogP contribution in [0.15, 0.2) is 24.4 Å². The Labute approximate surface area is 87.9 Å². The summed E-state index contributed by atoms with van der Waals surface area (Å²) < 4.78 is 1.88. The van der Waals surface area contributed by atoms with Gasteiger partial charge in [-0.25, -0.2) is 0 Å². The molecule has 4 nitrogen and oxygen atoms in total. The maximum absolute atomic E-state index is 11.4. The first kappa shape index (κ1) is 9.71. The Hall–Kier alpha value is -1.84. The molecular weight excluding hydrogens is 190 g/mol. The molecule has 0 saturated carbocycles. The Kier molecular flexibility index (Phi) is 2.41. The molecule has 15 heavy (non-hydrogen) atoms. The highest BCUT2D eigenvalue weighted by Gasteiger charge is 2.06. The summed E-state index contributed by atoms with van der Waals surface area (Å²) in [5, 5.41) is 7.89. The van der Waals surface area contributed by atoms with Crippen molar-refractivity contribution in [3.05, 3.63) is 30.0 Å². The molecular formula is C11H13N3O. The molecule has 1 heterocycles. The molecule has 2 rings (SSSR count). The second kappa shape index (κ2) is 3.73. The number of nitrogens with zero attached hydrogens (tertiary/aromatic N) is 2. The largest absolute Gasteiger partial charge is 0.355 e. The Morgan fingerprint density at radius 1 is 1.53 bits per heavy atom. The monoisotopic (exact) mass is 203 g/mol. The van der Waals surface area contributed by atoms with Crippen molar-refractivity contribution in [1.29, 1.82) is 0 Å². The maximum atomic E-state index is 11.4. The summed E-state index contributed by atoms with van der Waals surface area (Å²) in [4.78, 5) is 11.4. The first-order valence-corrected chi connectivity index (χ1v) is 4.94. The smallest absolute Gasteiger partial charge is 0.251 e. The van der Waals surface area contributed by atoms with Gasteiger partial charge in [0, 0.05) is 24.5 Å². The third-order valence-corrected chi connectivity index (χ3v) is 2.43. The number of carbonyl (C=O) groups excluding carboxylic acids is 1. The molecule has 0 aliphatic rings.